The average Bonchev–Trinajstić information content (AvgIpc) is 2.53. The van der Waals surface area contributed by atoms with Gasteiger partial charge in [-0.25, -0.2) is 4.79 Å². The highest BCUT2D eigenvalue weighted by molar-refractivity contribution is 7.99. The number of benzene rings is 1. The SMILES string of the molecule is COC(=O)c1ccc(CNC(=O)CC2CSCCN2)cc1. The lowest BCUT2D eigenvalue weighted by atomic mass is 10.1. The van der Waals surface area contributed by atoms with E-state index in [1.54, 1.807) is 12.1 Å². The topological polar surface area (TPSA) is 67.4 Å². The quantitative estimate of drug-likeness (QED) is 0.800. The minimum absolute atomic E-state index is 0.0482. The van der Waals surface area contributed by atoms with Crippen LogP contribution in [0.4, 0.5) is 0 Å². The molecule has 0 bridgehead atoms. The highest BCUT2D eigenvalue weighted by Crippen LogP contribution is 2.10. The van der Waals surface area contributed by atoms with Crippen LogP contribution < -0.4 is 10.6 Å². The van der Waals surface area contributed by atoms with E-state index >= 15 is 0 Å². The van der Waals surface area contributed by atoms with E-state index in [2.05, 4.69) is 15.4 Å². The molecule has 1 aliphatic rings. The third-order valence-corrected chi connectivity index (χ3v) is 4.43. The number of rotatable bonds is 5. The summed E-state index contributed by atoms with van der Waals surface area (Å²) in [5.41, 5.74) is 1.47. The molecule has 6 heteroatoms. The highest BCUT2D eigenvalue weighted by Gasteiger charge is 2.16. The lowest BCUT2D eigenvalue weighted by Crippen LogP contribution is -2.41. The van der Waals surface area contributed by atoms with Crippen LogP contribution >= 0.6 is 11.8 Å². The number of thioether (sulfide) groups is 1. The molecule has 2 N–H and O–H groups in total. The first-order chi connectivity index (χ1) is 10.2. The van der Waals surface area contributed by atoms with Gasteiger partial charge in [0.25, 0.3) is 0 Å². The van der Waals surface area contributed by atoms with Crippen molar-refractivity contribution in [2.24, 2.45) is 0 Å². The van der Waals surface area contributed by atoms with Crippen LogP contribution in [-0.4, -0.2) is 43.1 Å². The molecule has 1 amide bonds. The van der Waals surface area contributed by atoms with Crippen LogP contribution in [0, 0.1) is 0 Å². The van der Waals surface area contributed by atoms with Crippen molar-refractivity contribution in [3.63, 3.8) is 0 Å². The maximum Gasteiger partial charge on any atom is 0.337 e. The number of ether oxygens (including phenoxy) is 1. The third-order valence-electron chi connectivity index (χ3n) is 3.29. The minimum Gasteiger partial charge on any atom is -0.465 e. The molecule has 0 saturated carbocycles. The Morgan fingerprint density at radius 1 is 1.38 bits per heavy atom. The predicted octanol–water partition coefficient (Wildman–Crippen LogP) is 1.18. The number of carbonyl (C=O) groups excluding carboxylic acids is 2. The number of amides is 1. The smallest absolute Gasteiger partial charge is 0.337 e. The second kappa shape index (κ2) is 8.05. The molecule has 1 aliphatic heterocycles. The second-order valence-corrected chi connectivity index (χ2v) is 6.05. The Labute approximate surface area is 128 Å². The zero-order valence-electron chi connectivity index (χ0n) is 12.1. The van der Waals surface area contributed by atoms with Gasteiger partial charge < -0.3 is 15.4 Å². The fraction of sp³-hybridized carbons (Fsp3) is 0.467. The molecule has 0 radical (unpaired) electrons. The molecule has 1 aromatic rings. The van der Waals surface area contributed by atoms with Crippen LogP contribution in [0.15, 0.2) is 24.3 Å². The molecule has 1 heterocycles. The number of methoxy groups -OCH3 is 1. The van der Waals surface area contributed by atoms with Crippen LogP contribution in [-0.2, 0) is 16.1 Å². The lowest BCUT2D eigenvalue weighted by molar-refractivity contribution is -0.121. The fourth-order valence-electron chi connectivity index (χ4n) is 2.12. The summed E-state index contributed by atoms with van der Waals surface area (Å²) in [5.74, 6) is 1.80. The first-order valence-electron chi connectivity index (χ1n) is 6.94. The Hall–Kier alpha value is -1.53. The van der Waals surface area contributed by atoms with Gasteiger partial charge >= 0.3 is 5.97 Å². The molecule has 1 aromatic carbocycles. The van der Waals surface area contributed by atoms with E-state index in [1.165, 1.54) is 7.11 Å². The van der Waals surface area contributed by atoms with Crippen LogP contribution in [0.5, 0.6) is 0 Å². The van der Waals surface area contributed by atoms with E-state index in [1.807, 2.05) is 23.9 Å². The number of hydrogen-bond donors (Lipinski definition) is 2. The molecular weight excluding hydrogens is 288 g/mol. The number of esters is 1. The summed E-state index contributed by atoms with van der Waals surface area (Å²) in [7, 11) is 1.36. The fourth-order valence-corrected chi connectivity index (χ4v) is 3.07. The summed E-state index contributed by atoms with van der Waals surface area (Å²) in [5, 5.41) is 6.25. The van der Waals surface area contributed by atoms with Crippen LogP contribution in [0.3, 0.4) is 0 Å². The summed E-state index contributed by atoms with van der Waals surface area (Å²) in [6, 6.07) is 7.31. The van der Waals surface area contributed by atoms with Crippen LogP contribution in [0.25, 0.3) is 0 Å². The molecule has 5 nitrogen and oxygen atoms in total. The van der Waals surface area contributed by atoms with Crippen molar-refractivity contribution in [2.75, 3.05) is 25.2 Å². The zero-order valence-corrected chi connectivity index (χ0v) is 12.9. The molecule has 1 fully saturated rings. The van der Waals surface area contributed by atoms with E-state index in [0.717, 1.165) is 23.6 Å². The molecule has 1 atom stereocenters. The van der Waals surface area contributed by atoms with Crippen molar-refractivity contribution < 1.29 is 14.3 Å². The molecule has 0 aliphatic carbocycles. The maximum atomic E-state index is 11.9. The summed E-state index contributed by atoms with van der Waals surface area (Å²) < 4.78 is 4.64. The van der Waals surface area contributed by atoms with Gasteiger partial charge in [-0.15, -0.1) is 0 Å². The zero-order chi connectivity index (χ0) is 15.1. The van der Waals surface area contributed by atoms with Crippen LogP contribution in [0.2, 0.25) is 0 Å². The van der Waals surface area contributed by atoms with Gasteiger partial charge in [0.2, 0.25) is 5.91 Å². The van der Waals surface area contributed by atoms with Gasteiger partial charge in [-0.05, 0) is 17.7 Å². The van der Waals surface area contributed by atoms with Gasteiger partial charge in [0.1, 0.15) is 0 Å². The summed E-state index contributed by atoms with van der Waals surface area (Å²) in [6.45, 7) is 1.44. The van der Waals surface area contributed by atoms with Crippen molar-refractivity contribution in [3.05, 3.63) is 35.4 Å². The van der Waals surface area contributed by atoms with Gasteiger partial charge in [-0.2, -0.15) is 11.8 Å². The highest BCUT2D eigenvalue weighted by atomic mass is 32.2. The molecule has 0 spiro atoms. The minimum atomic E-state index is -0.355. The maximum absolute atomic E-state index is 11.9. The van der Waals surface area contributed by atoms with Crippen molar-refractivity contribution in [3.8, 4) is 0 Å². The van der Waals surface area contributed by atoms with E-state index in [-0.39, 0.29) is 17.9 Å². The Kier molecular flexibility index (Phi) is 6.07. The Bertz CT molecular complexity index is 484. The van der Waals surface area contributed by atoms with Gasteiger partial charge in [0.05, 0.1) is 12.7 Å². The van der Waals surface area contributed by atoms with Crippen molar-refractivity contribution in [1.29, 1.82) is 0 Å². The summed E-state index contributed by atoms with van der Waals surface area (Å²) in [6.07, 6.45) is 0.507. The van der Waals surface area contributed by atoms with E-state index in [9.17, 15) is 9.59 Å². The normalized spacial score (nSPS) is 18.0. The first-order valence-corrected chi connectivity index (χ1v) is 8.09. The second-order valence-electron chi connectivity index (χ2n) is 4.90. The Morgan fingerprint density at radius 2 is 2.14 bits per heavy atom. The summed E-state index contributed by atoms with van der Waals surface area (Å²) in [4.78, 5) is 23.2. The molecule has 1 saturated heterocycles. The molecule has 1 unspecified atom stereocenters. The van der Waals surface area contributed by atoms with Gasteiger partial charge in [-0.3, -0.25) is 4.79 Å². The predicted molar refractivity (Wildman–Crippen MR) is 83.4 cm³/mol. The van der Waals surface area contributed by atoms with E-state index in [4.69, 9.17) is 0 Å². The van der Waals surface area contributed by atoms with Crippen molar-refractivity contribution in [2.45, 2.75) is 19.0 Å². The number of hydrogen-bond acceptors (Lipinski definition) is 5. The molecular formula is C15H20N2O3S. The van der Waals surface area contributed by atoms with E-state index < -0.39 is 0 Å². The molecule has 0 aromatic heterocycles. The number of carbonyl (C=O) groups is 2. The van der Waals surface area contributed by atoms with Gasteiger partial charge in [0, 0.05) is 37.1 Å². The summed E-state index contributed by atoms with van der Waals surface area (Å²) >= 11 is 1.88. The van der Waals surface area contributed by atoms with Crippen molar-refractivity contribution >= 4 is 23.6 Å². The Balaban J connectivity index is 1.76. The van der Waals surface area contributed by atoms with E-state index in [0.29, 0.717) is 18.5 Å². The van der Waals surface area contributed by atoms with Gasteiger partial charge in [-0.1, -0.05) is 12.1 Å². The largest absolute Gasteiger partial charge is 0.465 e. The third kappa shape index (κ3) is 5.06. The van der Waals surface area contributed by atoms with Crippen LogP contribution in [0.1, 0.15) is 22.3 Å². The standard InChI is InChI=1S/C15H20N2O3S/c1-20-15(19)12-4-2-11(3-5-12)9-17-14(18)8-13-10-21-7-6-16-13/h2-5,13,16H,6-10H2,1H3,(H,17,18). The van der Waals surface area contributed by atoms with Gasteiger partial charge in [0.15, 0.2) is 0 Å². The lowest BCUT2D eigenvalue weighted by Gasteiger charge is -2.22. The van der Waals surface area contributed by atoms with Crippen molar-refractivity contribution in [1.82, 2.24) is 10.6 Å². The molecule has 114 valence electrons. The number of nitrogens with one attached hydrogen (secondary N) is 2. The first kappa shape index (κ1) is 15.9. The Morgan fingerprint density at radius 3 is 2.76 bits per heavy atom. The average molecular weight is 308 g/mol. The monoisotopic (exact) mass is 308 g/mol. The molecule has 21 heavy (non-hydrogen) atoms. The molecule has 2 rings (SSSR count).